The fourth-order valence-electron chi connectivity index (χ4n) is 4.07. The van der Waals surface area contributed by atoms with Gasteiger partial charge in [-0.05, 0) is 37.5 Å². The van der Waals surface area contributed by atoms with Crippen LogP contribution in [0.2, 0.25) is 0 Å². The number of nitrogens with one attached hydrogen (secondary N) is 3. The zero-order valence-electron chi connectivity index (χ0n) is 16.0. The van der Waals surface area contributed by atoms with E-state index in [0.717, 1.165) is 24.9 Å². The maximum Gasteiger partial charge on any atom is 0.319 e. The van der Waals surface area contributed by atoms with Gasteiger partial charge in [-0.25, -0.2) is 4.79 Å². The smallest absolute Gasteiger partial charge is 0.319 e. The zero-order chi connectivity index (χ0) is 19.4. The molecule has 0 aromatic heterocycles. The number of hydrogen-bond acceptors (Lipinski definition) is 3. The fourth-order valence-corrected chi connectivity index (χ4v) is 4.07. The number of carbonyl (C=O) groups is 3. The summed E-state index contributed by atoms with van der Waals surface area (Å²) in [6.45, 7) is 3.00. The van der Waals surface area contributed by atoms with Crippen LogP contribution in [0.25, 0.3) is 0 Å². The summed E-state index contributed by atoms with van der Waals surface area (Å²) in [6.07, 6.45) is 5.12. The van der Waals surface area contributed by atoms with E-state index in [1.54, 1.807) is 32.2 Å². The van der Waals surface area contributed by atoms with Gasteiger partial charge in [0.25, 0.3) is 5.91 Å². The molecule has 1 aromatic rings. The molecule has 0 spiro atoms. The molecule has 1 aromatic carbocycles. The van der Waals surface area contributed by atoms with Gasteiger partial charge in [0, 0.05) is 49.8 Å². The Kier molecular flexibility index (Phi) is 5.98. The number of urea groups is 1. The summed E-state index contributed by atoms with van der Waals surface area (Å²) in [5.74, 6) is 0.179. The van der Waals surface area contributed by atoms with Crippen LogP contribution < -0.4 is 16.0 Å². The highest BCUT2D eigenvalue weighted by Gasteiger charge is 2.35. The molecule has 1 aliphatic heterocycles. The van der Waals surface area contributed by atoms with Crippen LogP contribution in [0.3, 0.4) is 0 Å². The van der Waals surface area contributed by atoms with Crippen molar-refractivity contribution in [2.24, 2.45) is 5.92 Å². The summed E-state index contributed by atoms with van der Waals surface area (Å²) < 4.78 is 0. The van der Waals surface area contributed by atoms with Crippen LogP contribution in [0.15, 0.2) is 18.2 Å². The Balaban J connectivity index is 1.52. The topological polar surface area (TPSA) is 90.5 Å². The third-order valence-electron chi connectivity index (χ3n) is 5.61. The van der Waals surface area contributed by atoms with Gasteiger partial charge >= 0.3 is 6.03 Å². The Bertz CT molecular complexity index is 728. The van der Waals surface area contributed by atoms with Crippen molar-refractivity contribution in [3.8, 4) is 0 Å². The molecule has 7 heteroatoms. The van der Waals surface area contributed by atoms with Gasteiger partial charge in [-0.1, -0.05) is 18.9 Å². The van der Waals surface area contributed by atoms with Crippen molar-refractivity contribution < 1.29 is 14.4 Å². The largest absolute Gasteiger partial charge is 0.355 e. The second-order valence-corrected chi connectivity index (χ2v) is 7.45. The normalized spacial score (nSPS) is 20.0. The number of rotatable bonds is 5. The van der Waals surface area contributed by atoms with Crippen LogP contribution in [0.1, 0.15) is 48.0 Å². The third kappa shape index (κ3) is 4.40. The first-order valence-electron chi connectivity index (χ1n) is 9.65. The van der Waals surface area contributed by atoms with E-state index in [-0.39, 0.29) is 23.8 Å². The SMILES string of the molecule is CNC(=O)c1cccc(NC(=O)NCC2CC(=O)N(C3CCCC3)C2)c1C. The van der Waals surface area contributed by atoms with Crippen LogP contribution in [-0.2, 0) is 4.79 Å². The van der Waals surface area contributed by atoms with Gasteiger partial charge < -0.3 is 20.9 Å². The first-order chi connectivity index (χ1) is 13.0. The number of anilines is 1. The molecule has 3 N–H and O–H groups in total. The monoisotopic (exact) mass is 372 g/mol. The molecule has 2 fully saturated rings. The molecule has 1 saturated heterocycles. The zero-order valence-corrected chi connectivity index (χ0v) is 16.0. The van der Waals surface area contributed by atoms with Gasteiger partial charge in [0.15, 0.2) is 0 Å². The van der Waals surface area contributed by atoms with E-state index in [1.165, 1.54) is 12.8 Å². The van der Waals surface area contributed by atoms with Crippen molar-refractivity contribution in [3.63, 3.8) is 0 Å². The predicted molar refractivity (Wildman–Crippen MR) is 104 cm³/mol. The quantitative estimate of drug-likeness (QED) is 0.740. The molecule has 0 radical (unpaired) electrons. The number of likely N-dealkylation sites (tertiary alicyclic amines) is 1. The van der Waals surface area contributed by atoms with Crippen LogP contribution in [0.4, 0.5) is 10.5 Å². The van der Waals surface area contributed by atoms with E-state index in [9.17, 15) is 14.4 Å². The Morgan fingerprint density at radius 2 is 1.96 bits per heavy atom. The Labute approximate surface area is 159 Å². The first kappa shape index (κ1) is 19.2. The molecular formula is C20H28N4O3. The predicted octanol–water partition coefficient (Wildman–Crippen LogP) is 2.27. The molecule has 146 valence electrons. The van der Waals surface area contributed by atoms with Gasteiger partial charge in [-0.3, -0.25) is 9.59 Å². The van der Waals surface area contributed by atoms with E-state index in [0.29, 0.717) is 30.3 Å². The van der Waals surface area contributed by atoms with Crippen molar-refractivity contribution in [2.45, 2.75) is 45.1 Å². The van der Waals surface area contributed by atoms with E-state index in [1.807, 2.05) is 4.90 Å². The number of carbonyl (C=O) groups excluding carboxylic acids is 3. The molecule has 1 atom stereocenters. The molecule has 1 saturated carbocycles. The lowest BCUT2D eigenvalue weighted by Crippen LogP contribution is -2.37. The summed E-state index contributed by atoms with van der Waals surface area (Å²) in [5, 5.41) is 8.26. The summed E-state index contributed by atoms with van der Waals surface area (Å²) in [5.41, 5.74) is 1.85. The van der Waals surface area contributed by atoms with E-state index >= 15 is 0 Å². The van der Waals surface area contributed by atoms with Gasteiger partial charge in [0.05, 0.1) is 0 Å². The highest BCUT2D eigenvalue weighted by molar-refractivity contribution is 5.98. The number of benzene rings is 1. The summed E-state index contributed by atoms with van der Waals surface area (Å²) in [6, 6.07) is 5.30. The molecule has 1 heterocycles. The Morgan fingerprint density at radius 3 is 2.67 bits per heavy atom. The minimum Gasteiger partial charge on any atom is -0.355 e. The number of nitrogens with zero attached hydrogens (tertiary/aromatic N) is 1. The molecular weight excluding hydrogens is 344 g/mol. The lowest BCUT2D eigenvalue weighted by molar-refractivity contribution is -0.129. The van der Waals surface area contributed by atoms with Gasteiger partial charge in [-0.2, -0.15) is 0 Å². The van der Waals surface area contributed by atoms with Crippen LogP contribution in [-0.4, -0.2) is 48.9 Å². The molecule has 1 aliphatic carbocycles. The molecule has 7 nitrogen and oxygen atoms in total. The van der Waals surface area contributed by atoms with Gasteiger partial charge in [0.1, 0.15) is 0 Å². The molecule has 3 rings (SSSR count). The lowest BCUT2D eigenvalue weighted by atomic mass is 10.1. The van der Waals surface area contributed by atoms with E-state index in [4.69, 9.17) is 0 Å². The summed E-state index contributed by atoms with van der Waals surface area (Å²) in [7, 11) is 1.58. The molecule has 27 heavy (non-hydrogen) atoms. The second kappa shape index (κ2) is 8.41. The average Bonchev–Trinajstić information content (AvgIpc) is 3.30. The molecule has 2 aliphatic rings. The second-order valence-electron chi connectivity index (χ2n) is 7.45. The lowest BCUT2D eigenvalue weighted by Gasteiger charge is -2.24. The fraction of sp³-hybridized carbons (Fsp3) is 0.550. The van der Waals surface area contributed by atoms with Crippen LogP contribution >= 0.6 is 0 Å². The number of amides is 4. The van der Waals surface area contributed by atoms with E-state index in [2.05, 4.69) is 16.0 Å². The van der Waals surface area contributed by atoms with Crippen molar-refractivity contribution in [3.05, 3.63) is 29.3 Å². The van der Waals surface area contributed by atoms with Crippen LogP contribution in [0, 0.1) is 12.8 Å². The van der Waals surface area contributed by atoms with Crippen LogP contribution in [0.5, 0.6) is 0 Å². The van der Waals surface area contributed by atoms with Crippen molar-refractivity contribution in [1.82, 2.24) is 15.5 Å². The van der Waals surface area contributed by atoms with Gasteiger partial charge in [0.2, 0.25) is 5.91 Å². The molecule has 4 amide bonds. The maximum absolute atomic E-state index is 12.3. The molecule has 1 unspecified atom stereocenters. The maximum atomic E-state index is 12.3. The van der Waals surface area contributed by atoms with Crippen molar-refractivity contribution in [1.29, 1.82) is 0 Å². The third-order valence-corrected chi connectivity index (χ3v) is 5.61. The standard InChI is InChI=1S/C20H28N4O3/c1-13-16(19(26)21-2)8-5-9-17(13)23-20(27)22-11-14-10-18(25)24(12-14)15-6-3-4-7-15/h5,8-9,14-15H,3-4,6-7,10-12H2,1-2H3,(H,21,26)(H2,22,23,27). The summed E-state index contributed by atoms with van der Waals surface area (Å²) in [4.78, 5) is 38.4. The van der Waals surface area contributed by atoms with Crippen molar-refractivity contribution in [2.75, 3.05) is 25.5 Å². The number of hydrogen-bond donors (Lipinski definition) is 3. The van der Waals surface area contributed by atoms with E-state index < -0.39 is 0 Å². The minimum absolute atomic E-state index is 0.155. The molecule has 0 bridgehead atoms. The first-order valence-corrected chi connectivity index (χ1v) is 9.65. The highest BCUT2D eigenvalue weighted by atomic mass is 16.2. The average molecular weight is 372 g/mol. The minimum atomic E-state index is -0.320. The Morgan fingerprint density at radius 1 is 1.22 bits per heavy atom. The van der Waals surface area contributed by atoms with Gasteiger partial charge in [-0.15, -0.1) is 0 Å². The van der Waals surface area contributed by atoms with Crippen molar-refractivity contribution >= 4 is 23.5 Å². The summed E-state index contributed by atoms with van der Waals surface area (Å²) >= 11 is 0. The Hall–Kier alpha value is -2.57. The highest BCUT2D eigenvalue weighted by Crippen LogP contribution is 2.29.